The molecule has 0 bridgehead atoms. The Kier molecular flexibility index (Phi) is 5.98. The van der Waals surface area contributed by atoms with Crippen LogP contribution in [-0.4, -0.2) is 48.1 Å². The summed E-state index contributed by atoms with van der Waals surface area (Å²) in [5.74, 6) is -1.38. The molecule has 7 nitrogen and oxygen atoms in total. The van der Waals surface area contributed by atoms with Crippen LogP contribution in [0.3, 0.4) is 0 Å². The molecule has 8 heteroatoms. The maximum atomic E-state index is 12.1. The fourth-order valence-corrected chi connectivity index (χ4v) is 2.29. The number of thiophene rings is 1. The van der Waals surface area contributed by atoms with Crippen LogP contribution in [0.5, 0.6) is 0 Å². The molecule has 1 rings (SSSR count). The van der Waals surface area contributed by atoms with E-state index >= 15 is 0 Å². The number of hydrogen-bond acceptors (Lipinski definition) is 4. The number of carbonyl (C=O) groups is 3. The molecule has 1 aromatic rings. The first-order valence-corrected chi connectivity index (χ1v) is 6.94. The summed E-state index contributed by atoms with van der Waals surface area (Å²) in [6.07, 6.45) is 0.695. The second kappa shape index (κ2) is 7.49. The van der Waals surface area contributed by atoms with Crippen LogP contribution >= 0.6 is 11.3 Å². The fraction of sp³-hybridized carbons (Fsp3) is 0.417. The van der Waals surface area contributed by atoms with Crippen LogP contribution in [-0.2, 0) is 4.79 Å². The van der Waals surface area contributed by atoms with Gasteiger partial charge in [-0.05, 0) is 17.9 Å². The Labute approximate surface area is 120 Å². The van der Waals surface area contributed by atoms with Crippen LogP contribution in [0.15, 0.2) is 11.4 Å². The van der Waals surface area contributed by atoms with Gasteiger partial charge in [-0.3, -0.25) is 10.1 Å². The molecule has 0 aliphatic rings. The molecule has 0 aromatic carbocycles. The number of anilines is 1. The third-order valence-electron chi connectivity index (χ3n) is 2.51. The minimum absolute atomic E-state index is 0.0414. The molecule has 1 aromatic heterocycles. The Bertz CT molecular complexity index is 501. The summed E-state index contributed by atoms with van der Waals surface area (Å²) < 4.78 is 0. The van der Waals surface area contributed by atoms with Gasteiger partial charge in [0, 0.05) is 13.6 Å². The zero-order chi connectivity index (χ0) is 15.1. The number of amides is 3. The van der Waals surface area contributed by atoms with E-state index in [9.17, 15) is 14.4 Å². The molecule has 0 aliphatic heterocycles. The molecule has 3 N–H and O–H groups in total. The number of carbonyl (C=O) groups excluding carboxylic acids is 2. The van der Waals surface area contributed by atoms with Gasteiger partial charge in [0.25, 0.3) is 0 Å². The van der Waals surface area contributed by atoms with Crippen molar-refractivity contribution in [2.75, 3.05) is 25.5 Å². The Hall–Kier alpha value is -2.09. The molecule has 0 radical (unpaired) electrons. The molecule has 0 saturated heterocycles. The van der Waals surface area contributed by atoms with Crippen molar-refractivity contribution in [3.63, 3.8) is 0 Å². The highest BCUT2D eigenvalue weighted by molar-refractivity contribution is 7.14. The molecule has 0 aliphatic carbocycles. The molecule has 1 heterocycles. The average Bonchev–Trinajstić information content (AvgIpc) is 2.86. The Morgan fingerprint density at radius 1 is 1.40 bits per heavy atom. The topological polar surface area (TPSA) is 98.7 Å². The van der Waals surface area contributed by atoms with E-state index in [0.717, 1.165) is 11.3 Å². The number of rotatable bonds is 6. The fourth-order valence-electron chi connectivity index (χ4n) is 1.53. The van der Waals surface area contributed by atoms with E-state index in [1.165, 1.54) is 18.0 Å². The first-order chi connectivity index (χ1) is 9.49. The van der Waals surface area contributed by atoms with Crippen LogP contribution in [0.25, 0.3) is 0 Å². The number of urea groups is 1. The Morgan fingerprint density at radius 2 is 2.10 bits per heavy atom. The summed E-state index contributed by atoms with van der Waals surface area (Å²) in [5, 5.41) is 15.8. The van der Waals surface area contributed by atoms with E-state index in [-0.39, 0.29) is 23.0 Å². The predicted octanol–water partition coefficient (Wildman–Crippen LogP) is 1.44. The van der Waals surface area contributed by atoms with Crippen molar-refractivity contribution in [2.45, 2.75) is 13.3 Å². The van der Waals surface area contributed by atoms with E-state index < -0.39 is 12.0 Å². The zero-order valence-electron chi connectivity index (χ0n) is 11.3. The monoisotopic (exact) mass is 299 g/mol. The maximum Gasteiger partial charge on any atom is 0.338 e. The van der Waals surface area contributed by atoms with Gasteiger partial charge in [-0.1, -0.05) is 6.92 Å². The second-order valence-corrected chi connectivity index (χ2v) is 4.91. The summed E-state index contributed by atoms with van der Waals surface area (Å²) in [5.41, 5.74) is 0.0414. The first-order valence-electron chi connectivity index (χ1n) is 6.06. The van der Waals surface area contributed by atoms with Crippen LogP contribution in [0.4, 0.5) is 9.80 Å². The number of nitrogens with zero attached hydrogens (tertiary/aromatic N) is 1. The minimum atomic E-state index is -1.10. The van der Waals surface area contributed by atoms with Crippen molar-refractivity contribution in [3.05, 3.63) is 17.0 Å². The number of hydrogen-bond donors (Lipinski definition) is 3. The number of likely N-dealkylation sites (N-methyl/N-ethyl adjacent to an activating group) is 1. The molecule has 0 atom stereocenters. The van der Waals surface area contributed by atoms with Crippen LogP contribution in [0, 0.1) is 0 Å². The summed E-state index contributed by atoms with van der Waals surface area (Å²) in [7, 11) is 1.49. The number of aromatic carboxylic acids is 1. The van der Waals surface area contributed by atoms with Crippen molar-refractivity contribution in [1.82, 2.24) is 10.2 Å². The van der Waals surface area contributed by atoms with Gasteiger partial charge in [0.1, 0.15) is 11.5 Å². The smallest absolute Gasteiger partial charge is 0.338 e. The summed E-state index contributed by atoms with van der Waals surface area (Å²) in [6.45, 7) is 2.23. The van der Waals surface area contributed by atoms with Gasteiger partial charge in [0.05, 0.1) is 5.56 Å². The zero-order valence-corrected chi connectivity index (χ0v) is 12.1. The second-order valence-electron chi connectivity index (χ2n) is 3.99. The van der Waals surface area contributed by atoms with Crippen LogP contribution < -0.4 is 10.6 Å². The highest BCUT2D eigenvalue weighted by Gasteiger charge is 2.19. The van der Waals surface area contributed by atoms with Crippen LogP contribution in [0.2, 0.25) is 0 Å². The highest BCUT2D eigenvalue weighted by atomic mass is 32.1. The highest BCUT2D eigenvalue weighted by Crippen LogP contribution is 2.23. The summed E-state index contributed by atoms with van der Waals surface area (Å²) >= 11 is 1.13. The molecule has 0 spiro atoms. The van der Waals surface area contributed by atoms with Crippen molar-refractivity contribution in [3.8, 4) is 0 Å². The van der Waals surface area contributed by atoms with Gasteiger partial charge in [0.2, 0.25) is 5.91 Å². The van der Waals surface area contributed by atoms with E-state index in [2.05, 4.69) is 10.6 Å². The van der Waals surface area contributed by atoms with E-state index in [1.807, 2.05) is 6.92 Å². The van der Waals surface area contributed by atoms with Crippen molar-refractivity contribution in [1.29, 1.82) is 0 Å². The summed E-state index contributed by atoms with van der Waals surface area (Å²) in [4.78, 5) is 35.7. The average molecular weight is 299 g/mol. The van der Waals surface area contributed by atoms with Gasteiger partial charge >= 0.3 is 12.0 Å². The summed E-state index contributed by atoms with van der Waals surface area (Å²) in [6, 6.07) is 0.936. The normalized spacial score (nSPS) is 9.90. The van der Waals surface area contributed by atoms with E-state index in [1.54, 1.807) is 5.38 Å². The lowest BCUT2D eigenvalue weighted by Gasteiger charge is -2.21. The lowest BCUT2D eigenvalue weighted by molar-refractivity contribution is -0.121. The van der Waals surface area contributed by atoms with Crippen molar-refractivity contribution in [2.24, 2.45) is 0 Å². The van der Waals surface area contributed by atoms with Crippen molar-refractivity contribution >= 4 is 34.2 Å². The molecule has 0 saturated carbocycles. The third-order valence-corrected chi connectivity index (χ3v) is 3.34. The lowest BCUT2D eigenvalue weighted by Crippen LogP contribution is -2.42. The minimum Gasteiger partial charge on any atom is -0.478 e. The van der Waals surface area contributed by atoms with Gasteiger partial charge in [0.15, 0.2) is 0 Å². The van der Waals surface area contributed by atoms with Gasteiger partial charge < -0.3 is 15.3 Å². The molecular formula is C12H17N3O4S. The number of nitrogens with one attached hydrogen (secondary N) is 2. The quantitative estimate of drug-likeness (QED) is 0.740. The number of carboxylic acids is 1. The van der Waals surface area contributed by atoms with Gasteiger partial charge in [-0.2, -0.15) is 0 Å². The Balaban J connectivity index is 2.77. The SMILES string of the molecule is CCCN(CC(=O)NC)C(=O)Nc1sccc1C(=O)O. The molecule has 110 valence electrons. The van der Waals surface area contributed by atoms with Gasteiger partial charge in [-0.25, -0.2) is 9.59 Å². The van der Waals surface area contributed by atoms with E-state index in [4.69, 9.17) is 5.11 Å². The first kappa shape index (κ1) is 16.0. The molecule has 0 unspecified atom stereocenters. The van der Waals surface area contributed by atoms with Crippen LogP contribution in [0.1, 0.15) is 23.7 Å². The Morgan fingerprint density at radius 3 is 2.65 bits per heavy atom. The molecule has 3 amide bonds. The van der Waals surface area contributed by atoms with Gasteiger partial charge in [-0.15, -0.1) is 11.3 Å². The van der Waals surface area contributed by atoms with E-state index in [0.29, 0.717) is 13.0 Å². The standard InChI is InChI=1S/C12H17N3O4S/c1-3-5-15(7-9(16)13-2)12(19)14-10-8(11(17)18)4-6-20-10/h4,6H,3,5,7H2,1-2H3,(H,13,16)(H,14,19)(H,17,18). The largest absolute Gasteiger partial charge is 0.478 e. The maximum absolute atomic E-state index is 12.1. The molecule has 20 heavy (non-hydrogen) atoms. The van der Waals surface area contributed by atoms with Crippen molar-refractivity contribution < 1.29 is 19.5 Å². The number of carboxylic acid groups (broad SMARTS) is 1. The predicted molar refractivity (Wildman–Crippen MR) is 76.2 cm³/mol. The molecular weight excluding hydrogens is 282 g/mol. The third kappa shape index (κ3) is 4.23. The molecule has 0 fully saturated rings. The lowest BCUT2D eigenvalue weighted by atomic mass is 10.3.